The van der Waals surface area contributed by atoms with Crippen LogP contribution in [0.3, 0.4) is 0 Å². The molecule has 1 aliphatic heterocycles. The molecule has 5 nitrogen and oxygen atoms in total. The number of furan rings is 1. The van der Waals surface area contributed by atoms with Gasteiger partial charge in [-0.05, 0) is 62.8 Å². The maximum Gasteiger partial charge on any atom is 0.255 e. The van der Waals surface area contributed by atoms with Gasteiger partial charge in [-0.15, -0.1) is 0 Å². The van der Waals surface area contributed by atoms with Crippen molar-refractivity contribution in [3.63, 3.8) is 0 Å². The minimum absolute atomic E-state index is 0.126. The zero-order valence-corrected chi connectivity index (χ0v) is 15.5. The van der Waals surface area contributed by atoms with Gasteiger partial charge in [0.1, 0.15) is 11.5 Å². The molecule has 1 saturated heterocycles. The maximum atomic E-state index is 13.0. The Labute approximate surface area is 155 Å². The van der Waals surface area contributed by atoms with E-state index in [1.54, 1.807) is 6.20 Å². The van der Waals surface area contributed by atoms with Gasteiger partial charge in [0, 0.05) is 38.1 Å². The second kappa shape index (κ2) is 7.62. The lowest BCUT2D eigenvalue weighted by molar-refractivity contribution is 0.0760. The Morgan fingerprint density at radius 3 is 2.85 bits per heavy atom. The molecule has 138 valence electrons. The number of carbonyl (C=O) groups excluding carboxylic acids is 1. The second-order valence-corrected chi connectivity index (χ2v) is 7.47. The monoisotopic (exact) mass is 353 g/mol. The molecule has 0 bridgehead atoms. The molecule has 0 atom stereocenters. The van der Waals surface area contributed by atoms with Crippen LogP contribution in [0.1, 0.15) is 52.4 Å². The van der Waals surface area contributed by atoms with Crippen LogP contribution in [0.15, 0.2) is 28.8 Å². The smallest absolute Gasteiger partial charge is 0.255 e. The number of hydrogen-bond donors (Lipinski definition) is 0. The summed E-state index contributed by atoms with van der Waals surface area (Å²) in [5.74, 6) is 2.08. The quantitative estimate of drug-likeness (QED) is 0.850. The van der Waals surface area contributed by atoms with Crippen LogP contribution in [0.4, 0.5) is 0 Å². The summed E-state index contributed by atoms with van der Waals surface area (Å²) < 4.78 is 5.69. The number of amides is 1. The summed E-state index contributed by atoms with van der Waals surface area (Å²) in [4.78, 5) is 21.9. The average molecular weight is 353 g/mol. The molecular formula is C21H27N3O2. The molecule has 1 aliphatic carbocycles. The van der Waals surface area contributed by atoms with Crippen LogP contribution in [0.2, 0.25) is 0 Å². The van der Waals surface area contributed by atoms with Gasteiger partial charge in [-0.1, -0.05) is 0 Å². The van der Waals surface area contributed by atoms with Crippen molar-refractivity contribution in [1.29, 1.82) is 0 Å². The Kier molecular flexibility index (Phi) is 5.07. The van der Waals surface area contributed by atoms with E-state index in [0.29, 0.717) is 0 Å². The predicted octanol–water partition coefficient (Wildman–Crippen LogP) is 3.21. The highest BCUT2D eigenvalue weighted by Gasteiger charge is 2.22. The molecule has 3 heterocycles. The van der Waals surface area contributed by atoms with Gasteiger partial charge in [0.25, 0.3) is 5.91 Å². The third-order valence-corrected chi connectivity index (χ3v) is 5.47. The number of aromatic nitrogens is 1. The number of rotatable bonds is 3. The summed E-state index contributed by atoms with van der Waals surface area (Å²) in [6.07, 6.45) is 7.29. The maximum absolute atomic E-state index is 13.0. The van der Waals surface area contributed by atoms with Gasteiger partial charge < -0.3 is 9.32 Å². The van der Waals surface area contributed by atoms with E-state index in [4.69, 9.17) is 4.42 Å². The molecule has 0 radical (unpaired) electrons. The van der Waals surface area contributed by atoms with Gasteiger partial charge in [-0.3, -0.25) is 14.7 Å². The Hall–Kier alpha value is -2.14. The molecular weight excluding hydrogens is 326 g/mol. The minimum Gasteiger partial charge on any atom is -0.465 e. The van der Waals surface area contributed by atoms with Crippen LogP contribution >= 0.6 is 0 Å². The van der Waals surface area contributed by atoms with Crippen LogP contribution in [-0.4, -0.2) is 46.9 Å². The molecule has 1 fully saturated rings. The van der Waals surface area contributed by atoms with E-state index in [9.17, 15) is 4.79 Å². The Morgan fingerprint density at radius 2 is 2.00 bits per heavy atom. The number of carbonyl (C=O) groups is 1. The van der Waals surface area contributed by atoms with Gasteiger partial charge >= 0.3 is 0 Å². The Morgan fingerprint density at radius 1 is 1.12 bits per heavy atom. The zero-order valence-electron chi connectivity index (χ0n) is 15.5. The first-order chi connectivity index (χ1) is 12.7. The highest BCUT2D eigenvalue weighted by Crippen LogP contribution is 2.21. The molecule has 4 rings (SSSR count). The van der Waals surface area contributed by atoms with Crippen LogP contribution in [0, 0.1) is 6.92 Å². The number of hydrogen-bond acceptors (Lipinski definition) is 4. The highest BCUT2D eigenvalue weighted by atomic mass is 16.3. The van der Waals surface area contributed by atoms with E-state index in [0.717, 1.165) is 69.1 Å². The molecule has 1 amide bonds. The van der Waals surface area contributed by atoms with Gasteiger partial charge in [0.05, 0.1) is 12.1 Å². The van der Waals surface area contributed by atoms with Crippen molar-refractivity contribution >= 4 is 5.91 Å². The Balaban J connectivity index is 1.39. The van der Waals surface area contributed by atoms with Crippen molar-refractivity contribution in [2.45, 2.75) is 45.6 Å². The lowest BCUT2D eigenvalue weighted by Gasteiger charge is -2.22. The largest absolute Gasteiger partial charge is 0.465 e. The molecule has 0 unspecified atom stereocenters. The van der Waals surface area contributed by atoms with Gasteiger partial charge in [0.15, 0.2) is 0 Å². The standard InChI is InChI=1S/C21H27N3O2/c1-16-7-8-19(26-16)15-23-9-4-10-24(12-11-23)21(25)18-13-17-5-2-3-6-20(17)22-14-18/h7-8,13-14H,2-6,9-12,15H2,1H3. The average Bonchev–Trinajstić information content (AvgIpc) is 2.93. The molecule has 2 aromatic rings. The fourth-order valence-electron chi connectivity index (χ4n) is 4.01. The van der Waals surface area contributed by atoms with Crippen LogP contribution in [-0.2, 0) is 19.4 Å². The van der Waals surface area contributed by atoms with Crippen molar-refractivity contribution in [1.82, 2.24) is 14.8 Å². The summed E-state index contributed by atoms with van der Waals surface area (Å²) in [5.41, 5.74) is 3.20. The van der Waals surface area contributed by atoms with E-state index in [1.807, 2.05) is 24.0 Å². The van der Waals surface area contributed by atoms with Crippen molar-refractivity contribution in [2.24, 2.45) is 0 Å². The molecule has 26 heavy (non-hydrogen) atoms. The highest BCUT2D eigenvalue weighted by molar-refractivity contribution is 5.94. The SMILES string of the molecule is Cc1ccc(CN2CCCN(C(=O)c3cnc4c(c3)CCCC4)CC2)o1. The molecule has 2 aliphatic rings. The lowest BCUT2D eigenvalue weighted by Crippen LogP contribution is -2.35. The minimum atomic E-state index is 0.126. The number of pyridine rings is 1. The Bertz CT molecular complexity index is 783. The van der Waals surface area contributed by atoms with Crippen molar-refractivity contribution < 1.29 is 9.21 Å². The third-order valence-electron chi connectivity index (χ3n) is 5.47. The van der Waals surface area contributed by atoms with Crippen LogP contribution in [0.25, 0.3) is 0 Å². The topological polar surface area (TPSA) is 49.6 Å². The van der Waals surface area contributed by atoms with E-state index < -0.39 is 0 Å². The van der Waals surface area contributed by atoms with Crippen molar-refractivity contribution in [2.75, 3.05) is 26.2 Å². The zero-order chi connectivity index (χ0) is 17.9. The first-order valence-corrected chi connectivity index (χ1v) is 9.74. The number of aryl methyl sites for hydroxylation is 3. The normalized spacial score (nSPS) is 18.4. The van der Waals surface area contributed by atoms with E-state index in [1.165, 1.54) is 24.1 Å². The molecule has 2 aromatic heterocycles. The van der Waals surface area contributed by atoms with Gasteiger partial charge in [-0.2, -0.15) is 0 Å². The van der Waals surface area contributed by atoms with Crippen molar-refractivity contribution in [3.8, 4) is 0 Å². The second-order valence-electron chi connectivity index (χ2n) is 7.47. The number of fused-ring (bicyclic) bond motifs is 1. The predicted molar refractivity (Wildman–Crippen MR) is 100 cm³/mol. The van der Waals surface area contributed by atoms with Gasteiger partial charge in [-0.25, -0.2) is 0 Å². The van der Waals surface area contributed by atoms with E-state index in [2.05, 4.69) is 16.0 Å². The summed E-state index contributed by atoms with van der Waals surface area (Å²) in [6, 6.07) is 6.13. The summed E-state index contributed by atoms with van der Waals surface area (Å²) in [7, 11) is 0. The van der Waals surface area contributed by atoms with E-state index >= 15 is 0 Å². The molecule has 0 saturated carbocycles. The summed E-state index contributed by atoms with van der Waals surface area (Å²) >= 11 is 0. The first-order valence-electron chi connectivity index (χ1n) is 9.74. The number of nitrogens with zero attached hydrogens (tertiary/aromatic N) is 3. The molecule has 0 N–H and O–H groups in total. The fraction of sp³-hybridized carbons (Fsp3) is 0.524. The molecule has 0 spiro atoms. The van der Waals surface area contributed by atoms with Crippen molar-refractivity contribution in [3.05, 3.63) is 52.7 Å². The van der Waals surface area contributed by atoms with Crippen LogP contribution < -0.4 is 0 Å². The molecule has 5 heteroatoms. The van der Waals surface area contributed by atoms with Gasteiger partial charge in [0.2, 0.25) is 0 Å². The summed E-state index contributed by atoms with van der Waals surface area (Å²) in [5, 5.41) is 0. The molecule has 0 aromatic carbocycles. The first kappa shape index (κ1) is 17.3. The fourth-order valence-corrected chi connectivity index (χ4v) is 4.01. The van der Waals surface area contributed by atoms with Crippen LogP contribution in [0.5, 0.6) is 0 Å². The lowest BCUT2D eigenvalue weighted by atomic mass is 9.95. The third kappa shape index (κ3) is 3.83. The van der Waals surface area contributed by atoms with E-state index in [-0.39, 0.29) is 5.91 Å². The summed E-state index contributed by atoms with van der Waals surface area (Å²) in [6.45, 7) is 6.23.